The van der Waals surface area contributed by atoms with Crippen molar-refractivity contribution in [3.63, 3.8) is 0 Å². The number of benzene rings is 2. The van der Waals surface area contributed by atoms with Gasteiger partial charge in [0.25, 0.3) is 0 Å². The van der Waals surface area contributed by atoms with Crippen molar-refractivity contribution in [1.29, 1.82) is 0 Å². The molecule has 5 heteroatoms. The first-order valence-electron chi connectivity index (χ1n) is 8.27. The third-order valence-electron chi connectivity index (χ3n) is 3.58. The first-order chi connectivity index (χ1) is 12.1. The van der Waals surface area contributed by atoms with E-state index in [1.165, 1.54) is 11.1 Å². The summed E-state index contributed by atoms with van der Waals surface area (Å²) >= 11 is 14.0. The number of halogens is 2. The van der Waals surface area contributed by atoms with E-state index in [9.17, 15) is 0 Å². The highest BCUT2D eigenvalue weighted by Crippen LogP contribution is 2.24. The summed E-state index contributed by atoms with van der Waals surface area (Å²) in [6, 6.07) is 16.0. The van der Waals surface area contributed by atoms with Crippen LogP contribution in [0.1, 0.15) is 11.1 Å². The molecule has 0 aliphatic carbocycles. The SMILES string of the molecule is Cc1cccc(OCC(CCl)SC(CCl)COc2cccc(C)c2)c1. The Bertz CT molecular complexity index is 596. The molecule has 0 spiro atoms. The Morgan fingerprint density at radius 1 is 0.800 bits per heavy atom. The summed E-state index contributed by atoms with van der Waals surface area (Å²) in [5, 5.41) is 0.319. The zero-order chi connectivity index (χ0) is 18.1. The Morgan fingerprint density at radius 2 is 1.24 bits per heavy atom. The molecule has 0 bridgehead atoms. The number of rotatable bonds is 10. The van der Waals surface area contributed by atoms with Crippen LogP contribution in [0.4, 0.5) is 0 Å². The fraction of sp³-hybridized carbons (Fsp3) is 0.400. The molecule has 136 valence electrons. The molecule has 2 aromatic carbocycles. The molecule has 0 fully saturated rings. The van der Waals surface area contributed by atoms with Crippen molar-refractivity contribution in [3.8, 4) is 11.5 Å². The number of alkyl halides is 2. The van der Waals surface area contributed by atoms with Crippen LogP contribution in [0.15, 0.2) is 48.5 Å². The zero-order valence-corrected chi connectivity index (χ0v) is 16.9. The predicted octanol–water partition coefficient (Wildman–Crippen LogP) is 5.71. The molecule has 2 atom stereocenters. The largest absolute Gasteiger partial charge is 0.492 e. The third kappa shape index (κ3) is 7.39. The van der Waals surface area contributed by atoms with E-state index >= 15 is 0 Å². The number of ether oxygens (including phenoxy) is 2. The van der Waals surface area contributed by atoms with Crippen LogP contribution in [-0.2, 0) is 0 Å². The second-order valence-electron chi connectivity index (χ2n) is 5.94. The molecular weight excluding hydrogens is 375 g/mol. The lowest BCUT2D eigenvalue weighted by atomic mass is 10.2. The molecule has 2 unspecified atom stereocenters. The molecule has 0 aromatic heterocycles. The minimum absolute atomic E-state index is 0.159. The van der Waals surface area contributed by atoms with Crippen molar-refractivity contribution in [3.05, 3.63) is 59.7 Å². The highest BCUT2D eigenvalue weighted by Gasteiger charge is 2.18. The van der Waals surface area contributed by atoms with Gasteiger partial charge in [0.2, 0.25) is 0 Å². The van der Waals surface area contributed by atoms with Gasteiger partial charge in [0.15, 0.2) is 0 Å². The smallest absolute Gasteiger partial charge is 0.119 e. The standard InChI is InChI=1S/C20H24Cl2O2S/c1-15-5-3-7-17(9-15)23-13-19(11-21)25-20(12-22)14-24-18-8-4-6-16(2)10-18/h3-10,19-20H,11-14H2,1-2H3. The molecule has 2 rings (SSSR count). The van der Waals surface area contributed by atoms with Crippen molar-refractivity contribution in [1.82, 2.24) is 0 Å². The van der Waals surface area contributed by atoms with E-state index in [-0.39, 0.29) is 10.5 Å². The van der Waals surface area contributed by atoms with Gasteiger partial charge in [-0.2, -0.15) is 0 Å². The van der Waals surface area contributed by atoms with E-state index in [1.807, 2.05) is 62.4 Å². The Morgan fingerprint density at radius 3 is 1.60 bits per heavy atom. The van der Waals surface area contributed by atoms with Crippen molar-refractivity contribution in [2.75, 3.05) is 25.0 Å². The topological polar surface area (TPSA) is 18.5 Å². The fourth-order valence-electron chi connectivity index (χ4n) is 2.30. The summed E-state index contributed by atoms with van der Waals surface area (Å²) in [6.07, 6.45) is 0. The summed E-state index contributed by atoms with van der Waals surface area (Å²) < 4.78 is 11.7. The molecule has 0 saturated carbocycles. The highest BCUT2D eigenvalue weighted by molar-refractivity contribution is 8.00. The maximum atomic E-state index is 6.12. The Kier molecular flexibility index (Phi) is 8.80. The quantitative estimate of drug-likeness (QED) is 0.477. The van der Waals surface area contributed by atoms with Gasteiger partial charge < -0.3 is 9.47 Å². The minimum Gasteiger partial charge on any atom is -0.492 e. The molecule has 2 aromatic rings. The van der Waals surface area contributed by atoms with Crippen LogP contribution < -0.4 is 9.47 Å². The van der Waals surface area contributed by atoms with Crippen molar-refractivity contribution in [2.45, 2.75) is 24.3 Å². The number of hydrogen-bond acceptors (Lipinski definition) is 3. The first kappa shape index (κ1) is 20.3. The number of aryl methyl sites for hydroxylation is 2. The zero-order valence-electron chi connectivity index (χ0n) is 14.6. The molecule has 25 heavy (non-hydrogen) atoms. The average Bonchev–Trinajstić information content (AvgIpc) is 2.61. The second-order valence-corrected chi connectivity index (χ2v) is 8.17. The summed E-state index contributed by atoms with van der Waals surface area (Å²) in [7, 11) is 0. The van der Waals surface area contributed by atoms with Crippen molar-refractivity contribution >= 4 is 35.0 Å². The average molecular weight is 399 g/mol. The summed E-state index contributed by atoms with van der Waals surface area (Å²) in [5.41, 5.74) is 2.36. The predicted molar refractivity (Wildman–Crippen MR) is 110 cm³/mol. The Labute approximate surface area is 164 Å². The summed E-state index contributed by atoms with van der Waals surface area (Å²) in [6.45, 7) is 5.20. The van der Waals surface area contributed by atoms with Gasteiger partial charge in [-0.25, -0.2) is 0 Å². The van der Waals surface area contributed by atoms with Gasteiger partial charge in [0.05, 0.1) is 10.5 Å². The molecule has 0 heterocycles. The van der Waals surface area contributed by atoms with Crippen LogP contribution in [-0.4, -0.2) is 35.5 Å². The first-order valence-corrected chi connectivity index (χ1v) is 10.3. The van der Waals surface area contributed by atoms with Gasteiger partial charge in [-0.05, 0) is 49.2 Å². The molecule has 0 radical (unpaired) electrons. The van der Waals surface area contributed by atoms with Crippen molar-refractivity contribution in [2.24, 2.45) is 0 Å². The van der Waals surface area contributed by atoms with Gasteiger partial charge in [-0.1, -0.05) is 24.3 Å². The van der Waals surface area contributed by atoms with Crippen LogP contribution in [0.5, 0.6) is 11.5 Å². The monoisotopic (exact) mass is 398 g/mol. The highest BCUT2D eigenvalue weighted by atomic mass is 35.5. The third-order valence-corrected chi connectivity index (χ3v) is 6.07. The molecule has 0 aliphatic heterocycles. The summed E-state index contributed by atoms with van der Waals surface area (Å²) in [5.74, 6) is 2.76. The lowest BCUT2D eigenvalue weighted by Crippen LogP contribution is -2.25. The lowest BCUT2D eigenvalue weighted by molar-refractivity contribution is 0.315. The van der Waals surface area contributed by atoms with Gasteiger partial charge in [0.1, 0.15) is 24.7 Å². The van der Waals surface area contributed by atoms with Gasteiger partial charge in [0, 0.05) is 11.8 Å². The van der Waals surface area contributed by atoms with E-state index in [0.29, 0.717) is 25.0 Å². The summed E-state index contributed by atoms with van der Waals surface area (Å²) in [4.78, 5) is 0. The van der Waals surface area contributed by atoms with Crippen LogP contribution in [0, 0.1) is 13.8 Å². The van der Waals surface area contributed by atoms with Gasteiger partial charge in [-0.15, -0.1) is 35.0 Å². The normalized spacial score (nSPS) is 13.3. The van der Waals surface area contributed by atoms with E-state index in [1.54, 1.807) is 11.8 Å². The van der Waals surface area contributed by atoms with Crippen LogP contribution >= 0.6 is 35.0 Å². The molecule has 0 aliphatic rings. The molecule has 0 N–H and O–H groups in total. The van der Waals surface area contributed by atoms with Crippen molar-refractivity contribution < 1.29 is 9.47 Å². The minimum atomic E-state index is 0.159. The number of thioether (sulfide) groups is 1. The molecule has 2 nitrogen and oxygen atoms in total. The van der Waals surface area contributed by atoms with E-state index in [4.69, 9.17) is 32.7 Å². The van der Waals surface area contributed by atoms with E-state index < -0.39 is 0 Å². The van der Waals surface area contributed by atoms with Gasteiger partial charge >= 0.3 is 0 Å². The Hall–Kier alpha value is -1.03. The lowest BCUT2D eigenvalue weighted by Gasteiger charge is -2.21. The fourth-order valence-corrected chi connectivity index (χ4v) is 3.90. The van der Waals surface area contributed by atoms with Crippen LogP contribution in [0.3, 0.4) is 0 Å². The van der Waals surface area contributed by atoms with Crippen LogP contribution in [0.25, 0.3) is 0 Å². The maximum Gasteiger partial charge on any atom is 0.119 e. The van der Waals surface area contributed by atoms with E-state index in [0.717, 1.165) is 11.5 Å². The Balaban J connectivity index is 1.82. The molecule has 0 saturated heterocycles. The van der Waals surface area contributed by atoms with E-state index in [2.05, 4.69) is 0 Å². The van der Waals surface area contributed by atoms with Crippen LogP contribution in [0.2, 0.25) is 0 Å². The van der Waals surface area contributed by atoms with Gasteiger partial charge in [-0.3, -0.25) is 0 Å². The number of hydrogen-bond donors (Lipinski definition) is 0. The second kappa shape index (κ2) is 10.8. The molecule has 0 amide bonds. The molecular formula is C20H24Cl2O2S. The maximum absolute atomic E-state index is 6.12.